The zero-order valence-electron chi connectivity index (χ0n) is 18.6. The molecule has 166 valence electrons. The third kappa shape index (κ3) is 4.50. The number of imidazole rings is 1. The first-order valence-electron chi connectivity index (χ1n) is 10.2. The van der Waals surface area contributed by atoms with Crippen LogP contribution in [0.15, 0.2) is 36.8 Å². The summed E-state index contributed by atoms with van der Waals surface area (Å²) in [6.07, 6.45) is 4.56. The molecule has 0 aliphatic rings. The molecule has 0 saturated heterocycles. The smallest absolute Gasteiger partial charge is 0.166 e. The topological polar surface area (TPSA) is 102 Å². The number of likely N-dealkylation sites (N-methyl/N-ethyl adjacent to an activating group) is 2. The summed E-state index contributed by atoms with van der Waals surface area (Å²) in [4.78, 5) is 26.2. The van der Waals surface area contributed by atoms with Crippen molar-refractivity contribution in [2.24, 2.45) is 0 Å². The number of anilines is 2. The third-order valence-corrected chi connectivity index (χ3v) is 5.12. The van der Waals surface area contributed by atoms with Gasteiger partial charge in [-0.15, -0.1) is 0 Å². The van der Waals surface area contributed by atoms with Crippen molar-refractivity contribution < 1.29 is 4.39 Å². The minimum absolute atomic E-state index is 0.285. The van der Waals surface area contributed by atoms with Gasteiger partial charge in [-0.2, -0.15) is 0 Å². The molecule has 0 spiro atoms. The number of halogens is 1. The molecule has 4 rings (SSSR count). The van der Waals surface area contributed by atoms with E-state index in [-0.39, 0.29) is 5.82 Å². The van der Waals surface area contributed by atoms with Gasteiger partial charge in [0.2, 0.25) is 0 Å². The second-order valence-corrected chi connectivity index (χ2v) is 7.99. The highest BCUT2D eigenvalue weighted by Crippen LogP contribution is 2.27. The fraction of sp³-hybridized carbons (Fsp3) is 0.318. The van der Waals surface area contributed by atoms with Crippen LogP contribution < -0.4 is 10.6 Å². The van der Waals surface area contributed by atoms with Gasteiger partial charge in [-0.05, 0) is 38.7 Å². The number of hydrogen-bond acceptors (Lipinski definition) is 8. The Hall–Kier alpha value is -3.66. The first-order valence-corrected chi connectivity index (χ1v) is 10.2. The molecule has 0 fully saturated rings. The second kappa shape index (κ2) is 8.83. The van der Waals surface area contributed by atoms with Gasteiger partial charge in [0.15, 0.2) is 17.0 Å². The van der Waals surface area contributed by atoms with Crippen molar-refractivity contribution in [3.63, 3.8) is 0 Å². The fourth-order valence-electron chi connectivity index (χ4n) is 3.42. The summed E-state index contributed by atoms with van der Waals surface area (Å²) in [5.74, 6) is 1.79. The van der Waals surface area contributed by atoms with Crippen LogP contribution in [0.5, 0.6) is 0 Å². The quantitative estimate of drug-likeness (QED) is 0.472. The number of pyridine rings is 2. The van der Waals surface area contributed by atoms with Crippen LogP contribution in [0.1, 0.15) is 11.4 Å². The van der Waals surface area contributed by atoms with Crippen LogP contribution in [0, 0.1) is 12.7 Å². The molecule has 0 amide bonds. The zero-order chi connectivity index (χ0) is 22.8. The van der Waals surface area contributed by atoms with Gasteiger partial charge in [0.25, 0.3) is 0 Å². The van der Waals surface area contributed by atoms with Gasteiger partial charge in [0.1, 0.15) is 23.3 Å². The molecular formula is C22H26FN9. The summed E-state index contributed by atoms with van der Waals surface area (Å²) in [6.45, 7) is 4.02. The molecule has 10 heteroatoms. The van der Waals surface area contributed by atoms with E-state index in [0.717, 1.165) is 30.7 Å². The van der Waals surface area contributed by atoms with E-state index in [1.165, 1.54) is 6.07 Å². The van der Waals surface area contributed by atoms with E-state index in [1.807, 2.05) is 44.0 Å². The molecule has 0 bridgehead atoms. The first kappa shape index (κ1) is 21.6. The maximum atomic E-state index is 13.9. The monoisotopic (exact) mass is 435 g/mol. The summed E-state index contributed by atoms with van der Waals surface area (Å²) in [7, 11) is 6.11. The first-order chi connectivity index (χ1) is 15.3. The number of nitrogens with zero attached hydrogens (tertiary/aromatic N) is 8. The number of hydrogen-bond donors (Lipinski definition) is 1. The Bertz CT molecular complexity index is 1230. The SMILES string of the molecule is Cc1nc(N)c2nc(-c3cncc(F)c3)n(Cc3ccc(N(C)CCN(C)C)nc3)c2n1. The average Bonchev–Trinajstić information content (AvgIpc) is 3.11. The molecule has 4 aromatic heterocycles. The number of nitrogens with two attached hydrogens (primary N) is 1. The molecule has 0 aliphatic heterocycles. The predicted molar refractivity (Wildman–Crippen MR) is 123 cm³/mol. The minimum Gasteiger partial charge on any atom is -0.382 e. The van der Waals surface area contributed by atoms with Gasteiger partial charge in [0, 0.05) is 38.1 Å². The molecule has 0 saturated carbocycles. The number of fused-ring (bicyclic) bond motifs is 1. The van der Waals surface area contributed by atoms with Crippen LogP contribution in [0.25, 0.3) is 22.6 Å². The van der Waals surface area contributed by atoms with E-state index in [2.05, 4.69) is 34.7 Å². The molecular weight excluding hydrogens is 409 g/mol. The molecule has 4 aromatic rings. The number of nitrogen functional groups attached to an aromatic ring is 1. The van der Waals surface area contributed by atoms with Gasteiger partial charge < -0.3 is 20.1 Å². The molecule has 4 heterocycles. The van der Waals surface area contributed by atoms with Crippen molar-refractivity contribution in [3.8, 4) is 11.4 Å². The van der Waals surface area contributed by atoms with Crippen LogP contribution in [0.3, 0.4) is 0 Å². The minimum atomic E-state index is -0.442. The zero-order valence-corrected chi connectivity index (χ0v) is 18.6. The molecule has 9 nitrogen and oxygen atoms in total. The Morgan fingerprint density at radius 1 is 1.03 bits per heavy atom. The lowest BCUT2D eigenvalue weighted by molar-refractivity contribution is 0.416. The highest BCUT2D eigenvalue weighted by Gasteiger charge is 2.18. The van der Waals surface area contributed by atoms with Crippen molar-refractivity contribution in [2.45, 2.75) is 13.5 Å². The molecule has 2 N–H and O–H groups in total. The third-order valence-electron chi connectivity index (χ3n) is 5.12. The van der Waals surface area contributed by atoms with Gasteiger partial charge in [-0.25, -0.2) is 24.3 Å². The summed E-state index contributed by atoms with van der Waals surface area (Å²) in [5.41, 5.74) is 8.65. The van der Waals surface area contributed by atoms with Crippen molar-refractivity contribution in [1.82, 2.24) is 34.4 Å². The lowest BCUT2D eigenvalue weighted by atomic mass is 10.2. The maximum absolute atomic E-state index is 13.9. The van der Waals surface area contributed by atoms with Crippen LogP contribution in [0.4, 0.5) is 16.0 Å². The summed E-state index contributed by atoms with van der Waals surface area (Å²) in [5, 5.41) is 0. The normalized spacial score (nSPS) is 11.4. The molecule has 32 heavy (non-hydrogen) atoms. The summed E-state index contributed by atoms with van der Waals surface area (Å²) >= 11 is 0. The lowest BCUT2D eigenvalue weighted by Gasteiger charge is -2.20. The van der Waals surface area contributed by atoms with Crippen molar-refractivity contribution >= 4 is 22.8 Å². The Morgan fingerprint density at radius 3 is 2.53 bits per heavy atom. The summed E-state index contributed by atoms with van der Waals surface area (Å²) in [6, 6.07) is 5.40. The molecule has 0 atom stereocenters. The van der Waals surface area contributed by atoms with Gasteiger partial charge >= 0.3 is 0 Å². The number of aryl methyl sites for hydroxylation is 1. The van der Waals surface area contributed by atoms with E-state index in [9.17, 15) is 4.39 Å². The van der Waals surface area contributed by atoms with Crippen LogP contribution in [0.2, 0.25) is 0 Å². The molecule has 0 aliphatic carbocycles. The highest BCUT2D eigenvalue weighted by atomic mass is 19.1. The lowest BCUT2D eigenvalue weighted by Crippen LogP contribution is -2.28. The summed E-state index contributed by atoms with van der Waals surface area (Å²) < 4.78 is 15.8. The largest absolute Gasteiger partial charge is 0.382 e. The molecule has 0 radical (unpaired) electrons. The predicted octanol–water partition coefficient (Wildman–Crippen LogP) is 2.36. The van der Waals surface area contributed by atoms with Gasteiger partial charge in [0.05, 0.1) is 12.7 Å². The van der Waals surface area contributed by atoms with Crippen LogP contribution in [-0.4, -0.2) is 68.6 Å². The van der Waals surface area contributed by atoms with E-state index >= 15 is 0 Å². The Kier molecular flexibility index (Phi) is 5.95. The standard InChI is InChI=1S/C22H26FN9/c1-14-27-20(24)19-22(28-14)32(21(29-19)16-9-17(23)12-25-11-16)13-15-5-6-18(26-10-15)31(4)8-7-30(2)3/h5-6,9-12H,7-8,13H2,1-4H3,(H2,24,27,28). The Labute approximate surface area is 185 Å². The van der Waals surface area contributed by atoms with Gasteiger partial charge in [-0.1, -0.05) is 6.07 Å². The van der Waals surface area contributed by atoms with E-state index in [1.54, 1.807) is 13.1 Å². The van der Waals surface area contributed by atoms with Crippen molar-refractivity contribution in [1.29, 1.82) is 0 Å². The van der Waals surface area contributed by atoms with E-state index in [4.69, 9.17) is 5.73 Å². The highest BCUT2D eigenvalue weighted by molar-refractivity contribution is 5.85. The average molecular weight is 436 g/mol. The maximum Gasteiger partial charge on any atom is 0.166 e. The van der Waals surface area contributed by atoms with Gasteiger partial charge in [-0.3, -0.25) is 4.98 Å². The van der Waals surface area contributed by atoms with E-state index < -0.39 is 5.82 Å². The van der Waals surface area contributed by atoms with Crippen LogP contribution >= 0.6 is 0 Å². The number of rotatable bonds is 7. The number of aromatic nitrogens is 6. The Balaban J connectivity index is 1.71. The van der Waals surface area contributed by atoms with Crippen molar-refractivity contribution in [2.75, 3.05) is 44.9 Å². The van der Waals surface area contributed by atoms with Crippen LogP contribution in [-0.2, 0) is 6.54 Å². The second-order valence-electron chi connectivity index (χ2n) is 7.99. The Morgan fingerprint density at radius 2 is 1.84 bits per heavy atom. The van der Waals surface area contributed by atoms with E-state index in [0.29, 0.717) is 34.9 Å². The molecule has 0 aromatic carbocycles. The van der Waals surface area contributed by atoms with Crippen molar-refractivity contribution in [3.05, 3.63) is 54.0 Å². The fourth-order valence-corrected chi connectivity index (χ4v) is 3.42. The molecule has 0 unspecified atom stereocenters.